The van der Waals surface area contributed by atoms with Gasteiger partial charge in [0.05, 0.1) is 14.4 Å². The molecule has 5 nitrogen and oxygen atoms in total. The molecule has 0 aliphatic carbocycles. The number of phosphoric ester groups is 1. The van der Waals surface area contributed by atoms with Crippen molar-refractivity contribution in [3.8, 4) is 0 Å². The van der Waals surface area contributed by atoms with E-state index >= 15 is 0 Å². The lowest BCUT2D eigenvalue weighted by Crippen LogP contribution is -2.17. The van der Waals surface area contributed by atoms with Crippen molar-refractivity contribution in [2.75, 3.05) is 13.2 Å². The highest BCUT2D eigenvalue weighted by Crippen LogP contribution is 2.23. The standard InChI is InChI=1S/C3H10NO4P/c4-2-1-3-8-9(5,6)7/h1-4H2,(H2,5,6,7)/p-2. The van der Waals surface area contributed by atoms with Gasteiger partial charge in [0.1, 0.15) is 0 Å². The van der Waals surface area contributed by atoms with Crippen molar-refractivity contribution in [3.05, 3.63) is 0 Å². The highest BCUT2D eigenvalue weighted by molar-refractivity contribution is 7.43. The van der Waals surface area contributed by atoms with E-state index < -0.39 is 7.82 Å². The third-order valence-electron chi connectivity index (χ3n) is 0.598. The number of rotatable bonds is 4. The topological polar surface area (TPSA) is 98.4 Å². The van der Waals surface area contributed by atoms with Gasteiger partial charge in [-0.1, -0.05) is 0 Å². The summed E-state index contributed by atoms with van der Waals surface area (Å²) >= 11 is 0. The van der Waals surface area contributed by atoms with Crippen molar-refractivity contribution in [2.45, 2.75) is 6.42 Å². The molecule has 0 spiro atoms. The first-order valence-corrected chi connectivity index (χ1v) is 3.89. The van der Waals surface area contributed by atoms with Crippen LogP contribution in [0, 0.1) is 0 Å². The summed E-state index contributed by atoms with van der Waals surface area (Å²) in [6.07, 6.45) is 0.383. The molecule has 56 valence electrons. The molecule has 0 aromatic heterocycles. The molecule has 0 amide bonds. The summed E-state index contributed by atoms with van der Waals surface area (Å²) in [4.78, 5) is 19.4. The maximum absolute atomic E-state index is 9.72. The minimum absolute atomic E-state index is 0.110. The molecule has 0 aliphatic rings. The van der Waals surface area contributed by atoms with Crippen LogP contribution in [0.4, 0.5) is 0 Å². The first-order valence-electron chi connectivity index (χ1n) is 2.43. The molecule has 0 unspecified atom stereocenters. The third-order valence-corrected chi connectivity index (χ3v) is 1.10. The van der Waals surface area contributed by atoms with Crippen LogP contribution in [0.15, 0.2) is 0 Å². The third kappa shape index (κ3) is 8.07. The van der Waals surface area contributed by atoms with Crippen LogP contribution in [0.1, 0.15) is 6.42 Å². The number of hydrogen-bond acceptors (Lipinski definition) is 5. The van der Waals surface area contributed by atoms with Gasteiger partial charge < -0.3 is 24.6 Å². The predicted octanol–water partition coefficient (Wildman–Crippen LogP) is -1.82. The Balaban J connectivity index is 3.18. The van der Waals surface area contributed by atoms with Gasteiger partial charge in [0.25, 0.3) is 0 Å². The Bertz CT molecular complexity index is 110. The second-order valence-corrected chi connectivity index (χ2v) is 2.58. The van der Waals surface area contributed by atoms with E-state index in [0.717, 1.165) is 0 Å². The predicted molar refractivity (Wildman–Crippen MR) is 27.2 cm³/mol. The smallest absolute Gasteiger partial charge is 0.0596 e. The zero-order valence-corrected chi connectivity index (χ0v) is 5.67. The lowest BCUT2D eigenvalue weighted by Gasteiger charge is -2.28. The average Bonchev–Trinajstić information content (AvgIpc) is 1.63. The molecule has 0 heterocycles. The summed E-state index contributed by atoms with van der Waals surface area (Å²) in [5.74, 6) is 0. The van der Waals surface area contributed by atoms with Crippen molar-refractivity contribution in [2.24, 2.45) is 5.73 Å². The molecule has 0 saturated carbocycles. The van der Waals surface area contributed by atoms with E-state index in [-0.39, 0.29) is 6.61 Å². The number of hydrogen-bond donors (Lipinski definition) is 1. The quantitative estimate of drug-likeness (QED) is 0.378. The fourth-order valence-electron chi connectivity index (χ4n) is 0.260. The molecule has 0 aromatic carbocycles. The second-order valence-electron chi connectivity index (χ2n) is 1.42. The van der Waals surface area contributed by atoms with Crippen molar-refractivity contribution in [1.29, 1.82) is 0 Å². The van der Waals surface area contributed by atoms with Crippen LogP contribution in [0.3, 0.4) is 0 Å². The van der Waals surface area contributed by atoms with Crippen LogP contribution in [0.25, 0.3) is 0 Å². The maximum atomic E-state index is 9.72. The molecule has 6 heteroatoms. The molecule has 0 saturated heterocycles. The molecule has 0 fully saturated rings. The average molecular weight is 153 g/mol. The lowest BCUT2D eigenvalue weighted by molar-refractivity contribution is -0.341. The molecular formula is C3H8NO4P-2. The van der Waals surface area contributed by atoms with Crippen LogP contribution < -0.4 is 15.5 Å². The first-order chi connectivity index (χ1) is 4.06. The van der Waals surface area contributed by atoms with Crippen molar-refractivity contribution in [3.63, 3.8) is 0 Å². The minimum atomic E-state index is -4.75. The van der Waals surface area contributed by atoms with Crippen LogP contribution in [-0.4, -0.2) is 13.2 Å². The van der Waals surface area contributed by atoms with Gasteiger partial charge in [0.2, 0.25) is 0 Å². The number of phosphoric acid groups is 1. The van der Waals surface area contributed by atoms with Gasteiger partial charge in [-0.15, -0.1) is 0 Å². The summed E-state index contributed by atoms with van der Waals surface area (Å²) in [6.45, 7) is 0.209. The monoisotopic (exact) mass is 153 g/mol. The summed E-state index contributed by atoms with van der Waals surface area (Å²) in [7, 11) is -4.75. The Labute approximate surface area is 53.1 Å². The largest absolute Gasteiger partial charge is 0.790 e. The van der Waals surface area contributed by atoms with Gasteiger partial charge in [0, 0.05) is 0 Å². The fourth-order valence-corrected chi connectivity index (χ4v) is 0.612. The van der Waals surface area contributed by atoms with Gasteiger partial charge >= 0.3 is 0 Å². The summed E-state index contributed by atoms with van der Waals surface area (Å²) in [5, 5.41) is 0. The molecular weight excluding hydrogens is 145 g/mol. The molecule has 0 bridgehead atoms. The Morgan fingerprint density at radius 3 is 2.44 bits per heavy atom. The zero-order chi connectivity index (χ0) is 7.33. The van der Waals surface area contributed by atoms with Crippen molar-refractivity contribution < 1.29 is 18.9 Å². The van der Waals surface area contributed by atoms with Gasteiger partial charge in [-0.2, -0.15) is 0 Å². The Morgan fingerprint density at radius 1 is 1.56 bits per heavy atom. The normalized spacial score (nSPS) is 11.9. The van der Waals surface area contributed by atoms with Gasteiger partial charge in [0.15, 0.2) is 0 Å². The van der Waals surface area contributed by atoms with E-state index in [4.69, 9.17) is 5.73 Å². The van der Waals surface area contributed by atoms with E-state index in [2.05, 4.69) is 4.52 Å². The van der Waals surface area contributed by atoms with Gasteiger partial charge in [-0.25, -0.2) is 0 Å². The van der Waals surface area contributed by atoms with Gasteiger partial charge in [-0.3, -0.25) is 0 Å². The highest BCUT2D eigenvalue weighted by Gasteiger charge is 1.88. The van der Waals surface area contributed by atoms with E-state index in [1.54, 1.807) is 0 Å². The molecule has 0 aromatic rings. The summed E-state index contributed by atoms with van der Waals surface area (Å²) < 4.78 is 13.5. The number of nitrogens with two attached hydrogens (primary N) is 1. The highest BCUT2D eigenvalue weighted by atomic mass is 31.2. The molecule has 0 aliphatic heterocycles. The van der Waals surface area contributed by atoms with E-state index in [1.165, 1.54) is 0 Å². The van der Waals surface area contributed by atoms with Crippen LogP contribution >= 0.6 is 7.82 Å². The Hall–Kier alpha value is 0.0700. The molecule has 0 rings (SSSR count). The summed E-state index contributed by atoms with van der Waals surface area (Å²) in [5.41, 5.74) is 4.98. The van der Waals surface area contributed by atoms with Gasteiger partial charge in [-0.05, 0) is 13.0 Å². The van der Waals surface area contributed by atoms with Crippen LogP contribution in [0.2, 0.25) is 0 Å². The molecule has 2 N–H and O–H groups in total. The van der Waals surface area contributed by atoms with Crippen molar-refractivity contribution >= 4 is 7.82 Å². The van der Waals surface area contributed by atoms with Crippen LogP contribution in [-0.2, 0) is 9.09 Å². The zero-order valence-electron chi connectivity index (χ0n) is 4.78. The SMILES string of the molecule is NCCCOP(=O)([O-])[O-]. The fraction of sp³-hybridized carbons (Fsp3) is 1.00. The summed E-state index contributed by atoms with van der Waals surface area (Å²) in [6, 6.07) is 0. The molecule has 0 atom stereocenters. The Morgan fingerprint density at radius 2 is 2.11 bits per heavy atom. The Kier molecular flexibility index (Phi) is 4.01. The molecule has 0 radical (unpaired) electrons. The first kappa shape index (κ1) is 9.07. The van der Waals surface area contributed by atoms with Crippen LogP contribution in [0.5, 0.6) is 0 Å². The second kappa shape index (κ2) is 3.98. The minimum Gasteiger partial charge on any atom is -0.790 e. The van der Waals surface area contributed by atoms with E-state index in [0.29, 0.717) is 13.0 Å². The van der Waals surface area contributed by atoms with Crippen molar-refractivity contribution in [1.82, 2.24) is 0 Å². The van der Waals surface area contributed by atoms with E-state index in [9.17, 15) is 14.4 Å². The van der Waals surface area contributed by atoms with E-state index in [1.807, 2.05) is 0 Å². The lowest BCUT2D eigenvalue weighted by atomic mass is 10.5. The molecule has 9 heavy (non-hydrogen) atoms. The maximum Gasteiger partial charge on any atom is 0.0596 e.